The van der Waals surface area contributed by atoms with Gasteiger partial charge in [0.25, 0.3) is 0 Å². The summed E-state index contributed by atoms with van der Waals surface area (Å²) in [7, 11) is 0. The maximum Gasteiger partial charge on any atom is 0.221 e. The number of benzene rings is 3. The summed E-state index contributed by atoms with van der Waals surface area (Å²) in [6, 6.07) is 27.0. The molecule has 0 N–H and O–H groups in total. The fraction of sp³-hybridized carbons (Fsp3) is 0.0417. The molecule has 0 spiro atoms. The molecule has 0 aliphatic heterocycles. The maximum atomic E-state index is 12.4. The summed E-state index contributed by atoms with van der Waals surface area (Å²) in [6.07, 6.45) is 3.29. The zero-order valence-electron chi connectivity index (χ0n) is 14.7. The molecule has 0 radical (unpaired) electrons. The number of ether oxygens (including phenoxy) is 1. The topological polar surface area (TPSA) is 39.4 Å². The van der Waals surface area contributed by atoms with Crippen molar-refractivity contribution in [1.29, 1.82) is 0 Å². The van der Waals surface area contributed by atoms with E-state index in [-0.39, 0.29) is 5.78 Å². The Balaban J connectivity index is 1.44. The van der Waals surface area contributed by atoms with E-state index in [4.69, 9.17) is 9.15 Å². The zero-order chi connectivity index (χ0) is 18.5. The third-order valence-corrected chi connectivity index (χ3v) is 4.20. The number of fused-ring (bicyclic) bond motifs is 1. The average molecular weight is 354 g/mol. The molecule has 3 aromatic carbocycles. The minimum absolute atomic E-state index is 0.165. The molecule has 1 aromatic heterocycles. The van der Waals surface area contributed by atoms with E-state index in [0.717, 1.165) is 22.3 Å². The van der Waals surface area contributed by atoms with Crippen LogP contribution in [0.3, 0.4) is 0 Å². The summed E-state index contributed by atoms with van der Waals surface area (Å²) in [5.41, 5.74) is 2.72. The lowest BCUT2D eigenvalue weighted by Gasteiger charge is -2.06. The lowest BCUT2D eigenvalue weighted by Crippen LogP contribution is -1.95. The van der Waals surface area contributed by atoms with Crippen molar-refractivity contribution in [3.05, 3.63) is 108 Å². The van der Waals surface area contributed by atoms with Crippen LogP contribution < -0.4 is 4.74 Å². The number of carbonyl (C=O) groups excluding carboxylic acids is 1. The van der Waals surface area contributed by atoms with Gasteiger partial charge in [0, 0.05) is 5.39 Å². The molecule has 132 valence electrons. The first-order valence-corrected chi connectivity index (χ1v) is 8.76. The Kier molecular flexibility index (Phi) is 4.84. The van der Waals surface area contributed by atoms with Crippen LogP contribution in [-0.4, -0.2) is 5.78 Å². The minimum Gasteiger partial charge on any atom is -0.489 e. The van der Waals surface area contributed by atoms with Gasteiger partial charge in [0.15, 0.2) is 5.76 Å². The molecule has 0 amide bonds. The normalized spacial score (nSPS) is 11.1. The zero-order valence-corrected chi connectivity index (χ0v) is 14.7. The molecule has 0 saturated carbocycles. The van der Waals surface area contributed by atoms with E-state index in [1.165, 1.54) is 6.08 Å². The molecule has 0 unspecified atom stereocenters. The number of ketones is 1. The van der Waals surface area contributed by atoms with Crippen molar-refractivity contribution in [2.75, 3.05) is 0 Å². The van der Waals surface area contributed by atoms with Gasteiger partial charge >= 0.3 is 0 Å². The number of rotatable bonds is 6. The molecule has 0 saturated heterocycles. The highest BCUT2D eigenvalue weighted by Gasteiger charge is 2.09. The summed E-state index contributed by atoms with van der Waals surface area (Å²) in [5.74, 6) is 0.933. The monoisotopic (exact) mass is 354 g/mol. The van der Waals surface area contributed by atoms with Crippen molar-refractivity contribution in [2.45, 2.75) is 6.61 Å². The van der Waals surface area contributed by atoms with Crippen molar-refractivity contribution in [3.63, 3.8) is 0 Å². The molecule has 27 heavy (non-hydrogen) atoms. The van der Waals surface area contributed by atoms with Crippen LogP contribution >= 0.6 is 0 Å². The Morgan fingerprint density at radius 3 is 2.56 bits per heavy atom. The molecular formula is C24H18O3. The van der Waals surface area contributed by atoms with Crippen LogP contribution in [0.15, 0.2) is 95.4 Å². The second kappa shape index (κ2) is 7.75. The first kappa shape index (κ1) is 16.9. The van der Waals surface area contributed by atoms with Gasteiger partial charge in [-0.1, -0.05) is 66.7 Å². The predicted molar refractivity (Wildman–Crippen MR) is 107 cm³/mol. The van der Waals surface area contributed by atoms with Gasteiger partial charge in [0.1, 0.15) is 17.9 Å². The maximum absolute atomic E-state index is 12.4. The third kappa shape index (κ3) is 4.15. The van der Waals surface area contributed by atoms with Crippen LogP contribution in [0.25, 0.3) is 17.0 Å². The Bertz CT molecular complexity index is 1060. The number of para-hydroxylation sites is 1. The molecule has 0 atom stereocenters. The number of furan rings is 1. The van der Waals surface area contributed by atoms with Crippen molar-refractivity contribution in [2.24, 2.45) is 0 Å². The van der Waals surface area contributed by atoms with Gasteiger partial charge in [-0.15, -0.1) is 0 Å². The van der Waals surface area contributed by atoms with Crippen molar-refractivity contribution in [1.82, 2.24) is 0 Å². The highest BCUT2D eigenvalue weighted by atomic mass is 16.5. The van der Waals surface area contributed by atoms with Crippen LogP contribution in [0, 0.1) is 0 Å². The highest BCUT2D eigenvalue weighted by Crippen LogP contribution is 2.20. The molecule has 3 heteroatoms. The van der Waals surface area contributed by atoms with Gasteiger partial charge in [-0.3, -0.25) is 4.79 Å². The molecule has 0 aliphatic carbocycles. The Morgan fingerprint density at radius 2 is 1.70 bits per heavy atom. The summed E-state index contributed by atoms with van der Waals surface area (Å²) in [6.45, 7) is 0.506. The first-order valence-electron chi connectivity index (χ1n) is 8.76. The van der Waals surface area contributed by atoms with E-state index in [9.17, 15) is 4.79 Å². The van der Waals surface area contributed by atoms with Crippen molar-refractivity contribution in [3.8, 4) is 5.75 Å². The molecule has 3 nitrogen and oxygen atoms in total. The van der Waals surface area contributed by atoms with Crippen LogP contribution in [-0.2, 0) is 6.61 Å². The smallest absolute Gasteiger partial charge is 0.221 e. The first-order chi connectivity index (χ1) is 13.3. The lowest BCUT2D eigenvalue weighted by atomic mass is 10.1. The fourth-order valence-electron chi connectivity index (χ4n) is 2.81. The van der Waals surface area contributed by atoms with Gasteiger partial charge in [0.05, 0.1) is 0 Å². The molecule has 4 aromatic rings. The highest BCUT2D eigenvalue weighted by molar-refractivity contribution is 6.06. The van der Waals surface area contributed by atoms with Gasteiger partial charge in [-0.2, -0.15) is 0 Å². The Hall–Kier alpha value is -3.59. The van der Waals surface area contributed by atoms with Crippen molar-refractivity contribution < 1.29 is 13.9 Å². The number of carbonyl (C=O) groups is 1. The summed E-state index contributed by atoms with van der Waals surface area (Å²) >= 11 is 0. The largest absolute Gasteiger partial charge is 0.489 e. The fourth-order valence-corrected chi connectivity index (χ4v) is 2.81. The standard InChI is InChI=1S/C24H18O3/c25-22(24-16-20-10-4-5-12-23(20)27-24)14-13-18-9-6-11-21(15-18)26-17-19-7-2-1-3-8-19/h1-16H,17H2/b14-13+. The van der Waals surface area contributed by atoms with E-state index in [0.29, 0.717) is 18.0 Å². The number of hydrogen-bond acceptors (Lipinski definition) is 3. The molecule has 1 heterocycles. The van der Waals surface area contributed by atoms with Gasteiger partial charge < -0.3 is 9.15 Å². The minimum atomic E-state index is -0.165. The van der Waals surface area contributed by atoms with E-state index in [1.807, 2.05) is 78.9 Å². The van der Waals surface area contributed by atoms with Gasteiger partial charge in [-0.25, -0.2) is 0 Å². The van der Waals surface area contributed by atoms with Gasteiger partial charge in [-0.05, 0) is 41.5 Å². The van der Waals surface area contributed by atoms with E-state index in [2.05, 4.69) is 0 Å². The second-order valence-corrected chi connectivity index (χ2v) is 6.19. The second-order valence-electron chi connectivity index (χ2n) is 6.19. The van der Waals surface area contributed by atoms with E-state index >= 15 is 0 Å². The molecule has 0 bridgehead atoms. The Labute approximate surface area is 157 Å². The van der Waals surface area contributed by atoms with E-state index < -0.39 is 0 Å². The predicted octanol–water partition coefficient (Wildman–Crippen LogP) is 5.91. The van der Waals surface area contributed by atoms with Crippen LogP contribution in [0.1, 0.15) is 21.7 Å². The summed E-state index contributed by atoms with van der Waals surface area (Å²) in [5, 5.41) is 0.922. The number of hydrogen-bond donors (Lipinski definition) is 0. The van der Waals surface area contributed by atoms with Crippen LogP contribution in [0.2, 0.25) is 0 Å². The molecule has 0 fully saturated rings. The number of allylic oxidation sites excluding steroid dienone is 1. The van der Waals surface area contributed by atoms with Crippen LogP contribution in [0.4, 0.5) is 0 Å². The summed E-state index contributed by atoms with van der Waals surface area (Å²) < 4.78 is 11.4. The lowest BCUT2D eigenvalue weighted by molar-refractivity contribution is 0.102. The third-order valence-electron chi connectivity index (χ3n) is 4.20. The van der Waals surface area contributed by atoms with Crippen LogP contribution in [0.5, 0.6) is 5.75 Å². The van der Waals surface area contributed by atoms with E-state index in [1.54, 1.807) is 12.1 Å². The quantitative estimate of drug-likeness (QED) is 0.319. The molecular weight excluding hydrogens is 336 g/mol. The summed E-state index contributed by atoms with van der Waals surface area (Å²) in [4.78, 5) is 12.4. The Morgan fingerprint density at radius 1 is 0.889 bits per heavy atom. The molecule has 4 rings (SSSR count). The SMILES string of the molecule is O=C(/C=C/c1cccc(OCc2ccccc2)c1)c1cc2ccccc2o1. The van der Waals surface area contributed by atoms with Gasteiger partial charge in [0.2, 0.25) is 5.78 Å². The molecule has 0 aliphatic rings. The van der Waals surface area contributed by atoms with Crippen molar-refractivity contribution >= 4 is 22.8 Å². The average Bonchev–Trinajstić information content (AvgIpc) is 3.16.